The number of fused-ring (bicyclic) bond motifs is 1. The van der Waals surface area contributed by atoms with E-state index in [0.29, 0.717) is 5.02 Å². The third-order valence-electron chi connectivity index (χ3n) is 1.94. The second-order valence-electron chi connectivity index (χ2n) is 4.29. The standard InChI is InChI=1S/C10H12ClN3/c1-10(2,3)14-12-8-5-4-7(11)6-9(8)13-14/h4-6H,1-3H3. The highest BCUT2D eigenvalue weighted by molar-refractivity contribution is 6.31. The van der Waals surface area contributed by atoms with Crippen LogP contribution in [0.2, 0.25) is 5.02 Å². The maximum Gasteiger partial charge on any atom is 0.114 e. The molecule has 14 heavy (non-hydrogen) atoms. The van der Waals surface area contributed by atoms with E-state index in [9.17, 15) is 0 Å². The second kappa shape index (κ2) is 2.95. The maximum atomic E-state index is 5.87. The van der Waals surface area contributed by atoms with Gasteiger partial charge in [0.25, 0.3) is 0 Å². The molecule has 0 bridgehead atoms. The molecule has 0 saturated carbocycles. The molecule has 74 valence electrons. The first-order chi connectivity index (χ1) is 6.47. The molecule has 0 amide bonds. The third kappa shape index (κ3) is 1.60. The van der Waals surface area contributed by atoms with Gasteiger partial charge in [-0.1, -0.05) is 11.6 Å². The molecule has 0 fully saturated rings. The Kier molecular flexibility index (Phi) is 2.00. The summed E-state index contributed by atoms with van der Waals surface area (Å²) in [5, 5.41) is 9.43. The fourth-order valence-corrected chi connectivity index (χ4v) is 1.35. The summed E-state index contributed by atoms with van der Waals surface area (Å²) in [6, 6.07) is 5.53. The minimum absolute atomic E-state index is 0.0918. The van der Waals surface area contributed by atoms with Crippen LogP contribution in [0, 0.1) is 0 Å². The Bertz CT molecular complexity index is 468. The van der Waals surface area contributed by atoms with Gasteiger partial charge in [-0.15, -0.1) is 0 Å². The molecule has 1 aromatic heterocycles. The normalized spacial score (nSPS) is 12.3. The number of aromatic nitrogens is 3. The van der Waals surface area contributed by atoms with E-state index in [2.05, 4.69) is 31.0 Å². The molecule has 0 unspecified atom stereocenters. The van der Waals surface area contributed by atoms with Gasteiger partial charge in [-0.3, -0.25) is 0 Å². The minimum Gasteiger partial charge on any atom is -0.178 e. The smallest absolute Gasteiger partial charge is 0.114 e. The monoisotopic (exact) mass is 209 g/mol. The van der Waals surface area contributed by atoms with Crippen molar-refractivity contribution in [2.75, 3.05) is 0 Å². The molecule has 0 aliphatic carbocycles. The molecule has 2 aromatic rings. The van der Waals surface area contributed by atoms with Crippen molar-refractivity contribution in [3.05, 3.63) is 23.2 Å². The topological polar surface area (TPSA) is 30.7 Å². The summed E-state index contributed by atoms with van der Waals surface area (Å²) in [4.78, 5) is 1.72. The van der Waals surface area contributed by atoms with Gasteiger partial charge >= 0.3 is 0 Å². The first-order valence-corrected chi connectivity index (χ1v) is 4.88. The van der Waals surface area contributed by atoms with Gasteiger partial charge in [0.15, 0.2) is 0 Å². The third-order valence-corrected chi connectivity index (χ3v) is 2.18. The van der Waals surface area contributed by atoms with Crippen LogP contribution in [0.1, 0.15) is 20.8 Å². The van der Waals surface area contributed by atoms with Crippen LogP contribution in [0.3, 0.4) is 0 Å². The van der Waals surface area contributed by atoms with Gasteiger partial charge < -0.3 is 0 Å². The van der Waals surface area contributed by atoms with Crippen molar-refractivity contribution in [1.82, 2.24) is 15.0 Å². The molecule has 0 saturated heterocycles. The molecule has 3 nitrogen and oxygen atoms in total. The fourth-order valence-electron chi connectivity index (χ4n) is 1.19. The maximum absolute atomic E-state index is 5.87. The number of hydrogen-bond acceptors (Lipinski definition) is 2. The van der Waals surface area contributed by atoms with Gasteiger partial charge in [-0.2, -0.15) is 15.0 Å². The molecule has 1 heterocycles. The Morgan fingerprint density at radius 3 is 2.43 bits per heavy atom. The van der Waals surface area contributed by atoms with Gasteiger partial charge in [0.05, 0.1) is 5.54 Å². The Labute approximate surface area is 87.7 Å². The van der Waals surface area contributed by atoms with Gasteiger partial charge in [-0.05, 0) is 39.0 Å². The molecule has 0 aliphatic heterocycles. The van der Waals surface area contributed by atoms with Crippen molar-refractivity contribution in [3.8, 4) is 0 Å². The molecule has 4 heteroatoms. The predicted molar refractivity (Wildman–Crippen MR) is 57.5 cm³/mol. The van der Waals surface area contributed by atoms with Crippen LogP contribution in [0.5, 0.6) is 0 Å². The quantitative estimate of drug-likeness (QED) is 0.668. The molecular weight excluding hydrogens is 198 g/mol. The summed E-state index contributed by atoms with van der Waals surface area (Å²) >= 11 is 5.87. The van der Waals surface area contributed by atoms with Crippen LogP contribution in [0.25, 0.3) is 11.0 Å². The average molecular weight is 210 g/mol. The molecule has 0 aliphatic rings. The van der Waals surface area contributed by atoms with Crippen molar-refractivity contribution < 1.29 is 0 Å². The van der Waals surface area contributed by atoms with Crippen LogP contribution in [0.15, 0.2) is 18.2 Å². The molecule has 0 atom stereocenters. The van der Waals surface area contributed by atoms with E-state index in [1.807, 2.05) is 18.2 Å². The Morgan fingerprint density at radius 2 is 1.79 bits per heavy atom. The summed E-state index contributed by atoms with van der Waals surface area (Å²) in [6.07, 6.45) is 0. The molecule has 0 N–H and O–H groups in total. The largest absolute Gasteiger partial charge is 0.178 e. The first kappa shape index (κ1) is 9.46. The molecule has 1 aromatic carbocycles. The van der Waals surface area contributed by atoms with Crippen LogP contribution < -0.4 is 0 Å². The van der Waals surface area contributed by atoms with Crippen LogP contribution >= 0.6 is 11.6 Å². The highest BCUT2D eigenvalue weighted by Crippen LogP contribution is 2.18. The van der Waals surface area contributed by atoms with E-state index in [1.54, 1.807) is 4.80 Å². The van der Waals surface area contributed by atoms with E-state index < -0.39 is 0 Å². The van der Waals surface area contributed by atoms with E-state index >= 15 is 0 Å². The lowest BCUT2D eigenvalue weighted by molar-refractivity contribution is 0.316. The molecular formula is C10H12ClN3. The van der Waals surface area contributed by atoms with E-state index in [-0.39, 0.29) is 5.54 Å². The Hall–Kier alpha value is -1.09. The minimum atomic E-state index is -0.0918. The molecule has 2 rings (SSSR count). The summed E-state index contributed by atoms with van der Waals surface area (Å²) in [5.41, 5.74) is 1.63. The van der Waals surface area contributed by atoms with Crippen molar-refractivity contribution >= 4 is 22.6 Å². The first-order valence-electron chi connectivity index (χ1n) is 4.50. The summed E-state index contributed by atoms with van der Waals surface area (Å²) in [6.45, 7) is 6.19. The van der Waals surface area contributed by atoms with Crippen molar-refractivity contribution in [1.29, 1.82) is 0 Å². The van der Waals surface area contributed by atoms with Crippen LogP contribution in [0.4, 0.5) is 0 Å². The fraction of sp³-hybridized carbons (Fsp3) is 0.400. The number of halogens is 1. The van der Waals surface area contributed by atoms with Gasteiger partial charge in [-0.25, -0.2) is 0 Å². The average Bonchev–Trinajstić information content (AvgIpc) is 2.45. The zero-order valence-corrected chi connectivity index (χ0v) is 9.21. The van der Waals surface area contributed by atoms with E-state index in [1.165, 1.54) is 0 Å². The summed E-state index contributed by atoms with van der Waals surface area (Å²) in [7, 11) is 0. The van der Waals surface area contributed by atoms with Crippen molar-refractivity contribution in [2.45, 2.75) is 26.3 Å². The summed E-state index contributed by atoms with van der Waals surface area (Å²) in [5.74, 6) is 0. The second-order valence-corrected chi connectivity index (χ2v) is 4.73. The number of benzene rings is 1. The number of rotatable bonds is 0. The molecule has 0 spiro atoms. The van der Waals surface area contributed by atoms with E-state index in [0.717, 1.165) is 11.0 Å². The van der Waals surface area contributed by atoms with E-state index in [4.69, 9.17) is 11.6 Å². The highest BCUT2D eigenvalue weighted by Gasteiger charge is 2.16. The number of nitrogens with zero attached hydrogens (tertiary/aromatic N) is 3. The Morgan fingerprint density at radius 1 is 1.14 bits per heavy atom. The predicted octanol–water partition coefficient (Wildman–Crippen LogP) is 2.84. The van der Waals surface area contributed by atoms with Gasteiger partial charge in [0.1, 0.15) is 11.0 Å². The van der Waals surface area contributed by atoms with Gasteiger partial charge in [0, 0.05) is 5.02 Å². The van der Waals surface area contributed by atoms with Crippen molar-refractivity contribution in [2.24, 2.45) is 0 Å². The zero-order valence-electron chi connectivity index (χ0n) is 8.45. The Balaban J connectivity index is 2.63. The lowest BCUT2D eigenvalue weighted by Gasteiger charge is -2.16. The van der Waals surface area contributed by atoms with Crippen LogP contribution in [-0.2, 0) is 5.54 Å². The SMILES string of the molecule is CC(C)(C)n1nc2ccc(Cl)cc2n1. The highest BCUT2D eigenvalue weighted by atomic mass is 35.5. The zero-order chi connectivity index (χ0) is 10.3. The van der Waals surface area contributed by atoms with Crippen molar-refractivity contribution in [3.63, 3.8) is 0 Å². The van der Waals surface area contributed by atoms with Crippen LogP contribution in [-0.4, -0.2) is 15.0 Å². The lowest BCUT2D eigenvalue weighted by Crippen LogP contribution is -2.24. The summed E-state index contributed by atoms with van der Waals surface area (Å²) < 4.78 is 0. The molecule has 0 radical (unpaired) electrons. The number of hydrogen-bond donors (Lipinski definition) is 0. The van der Waals surface area contributed by atoms with Gasteiger partial charge in [0.2, 0.25) is 0 Å². The lowest BCUT2D eigenvalue weighted by atomic mass is 10.1.